The average molecular weight is 277 g/mol. The number of nitrogens with zero attached hydrogens (tertiary/aromatic N) is 1. The van der Waals surface area contributed by atoms with Crippen molar-refractivity contribution in [3.63, 3.8) is 0 Å². The first-order valence-corrected chi connectivity index (χ1v) is 7.30. The highest BCUT2D eigenvalue weighted by Gasteiger charge is 2.26. The number of aliphatic hydroxyl groups excluding tert-OH is 1. The molecule has 0 amide bonds. The third kappa shape index (κ3) is 4.05. The van der Waals surface area contributed by atoms with Gasteiger partial charge in [-0.25, -0.2) is 0 Å². The van der Waals surface area contributed by atoms with Gasteiger partial charge in [-0.15, -0.1) is 0 Å². The molecule has 20 heavy (non-hydrogen) atoms. The van der Waals surface area contributed by atoms with Crippen molar-refractivity contribution < 1.29 is 14.6 Å². The molecular weight excluding hydrogens is 254 g/mol. The molecule has 0 radical (unpaired) electrons. The number of rotatable bonds is 5. The molecule has 1 heterocycles. The van der Waals surface area contributed by atoms with Gasteiger partial charge in [0.25, 0.3) is 0 Å². The molecule has 0 aliphatic carbocycles. The van der Waals surface area contributed by atoms with E-state index in [9.17, 15) is 4.79 Å². The Labute approximate surface area is 120 Å². The largest absolute Gasteiger partial charge is 0.466 e. The molecule has 4 heteroatoms. The zero-order valence-electron chi connectivity index (χ0n) is 12.0. The lowest BCUT2D eigenvalue weighted by Crippen LogP contribution is -2.38. The van der Waals surface area contributed by atoms with E-state index in [1.807, 2.05) is 31.2 Å². The number of hydrogen-bond acceptors (Lipinski definition) is 4. The summed E-state index contributed by atoms with van der Waals surface area (Å²) in [5, 5.41) is 9.03. The second-order valence-corrected chi connectivity index (χ2v) is 5.30. The summed E-state index contributed by atoms with van der Waals surface area (Å²) in [7, 11) is 0. The Morgan fingerprint density at radius 1 is 1.35 bits per heavy atom. The van der Waals surface area contributed by atoms with E-state index in [4.69, 9.17) is 9.84 Å². The zero-order chi connectivity index (χ0) is 14.4. The minimum absolute atomic E-state index is 0.0143. The summed E-state index contributed by atoms with van der Waals surface area (Å²) in [4.78, 5) is 14.1. The molecule has 1 fully saturated rings. The second-order valence-electron chi connectivity index (χ2n) is 5.30. The summed E-state index contributed by atoms with van der Waals surface area (Å²) in [6.07, 6.45) is 1.97. The number of aliphatic hydroxyl groups is 1. The molecule has 1 N–H and O–H groups in total. The fraction of sp³-hybridized carbons (Fsp3) is 0.562. The number of ether oxygens (including phenoxy) is 1. The van der Waals surface area contributed by atoms with Gasteiger partial charge in [0.2, 0.25) is 0 Å². The highest BCUT2D eigenvalue weighted by atomic mass is 16.5. The maximum atomic E-state index is 11.8. The van der Waals surface area contributed by atoms with E-state index in [2.05, 4.69) is 4.90 Å². The molecule has 1 aromatic carbocycles. The maximum Gasteiger partial charge on any atom is 0.310 e. The van der Waals surface area contributed by atoms with Gasteiger partial charge in [-0.1, -0.05) is 24.3 Å². The van der Waals surface area contributed by atoms with Gasteiger partial charge in [0.05, 0.1) is 19.1 Å². The van der Waals surface area contributed by atoms with Crippen LogP contribution in [-0.4, -0.2) is 35.7 Å². The summed E-state index contributed by atoms with van der Waals surface area (Å²) >= 11 is 0. The van der Waals surface area contributed by atoms with Crippen LogP contribution in [0.15, 0.2) is 24.3 Å². The highest BCUT2D eigenvalue weighted by Crippen LogP contribution is 2.20. The highest BCUT2D eigenvalue weighted by molar-refractivity contribution is 5.72. The van der Waals surface area contributed by atoms with Crippen molar-refractivity contribution in [3.8, 4) is 0 Å². The summed E-state index contributed by atoms with van der Waals surface area (Å²) in [6, 6.07) is 7.98. The first-order chi connectivity index (χ1) is 9.72. The Bertz CT molecular complexity index is 430. The van der Waals surface area contributed by atoms with Gasteiger partial charge in [-0.05, 0) is 37.4 Å². The van der Waals surface area contributed by atoms with Gasteiger partial charge in [-0.3, -0.25) is 9.69 Å². The predicted octanol–water partition coefficient (Wildman–Crippen LogP) is 1.95. The number of piperidine rings is 1. The van der Waals surface area contributed by atoms with Gasteiger partial charge in [0, 0.05) is 13.1 Å². The third-order valence-electron chi connectivity index (χ3n) is 3.74. The molecule has 1 aliphatic rings. The van der Waals surface area contributed by atoms with E-state index in [1.54, 1.807) is 0 Å². The standard InChI is InChI=1S/C16H23NO3/c1-2-20-16(19)15-4-3-9-17(11-15)10-13-5-7-14(12-18)8-6-13/h5-8,15,18H,2-4,9-12H2,1H3/t15-/m1/s1. The molecule has 1 aromatic rings. The van der Waals surface area contributed by atoms with Crippen molar-refractivity contribution in [1.82, 2.24) is 4.90 Å². The van der Waals surface area contributed by atoms with Crippen molar-refractivity contribution in [2.75, 3.05) is 19.7 Å². The lowest BCUT2D eigenvalue weighted by molar-refractivity contribution is -0.150. The molecule has 0 aromatic heterocycles. The first kappa shape index (κ1) is 15.0. The number of hydrogen-bond donors (Lipinski definition) is 1. The molecule has 0 saturated carbocycles. The van der Waals surface area contributed by atoms with E-state index >= 15 is 0 Å². The molecule has 1 saturated heterocycles. The lowest BCUT2D eigenvalue weighted by Gasteiger charge is -2.31. The van der Waals surface area contributed by atoms with Crippen molar-refractivity contribution in [2.45, 2.75) is 32.9 Å². The van der Waals surface area contributed by atoms with Crippen LogP contribution in [0.25, 0.3) is 0 Å². The van der Waals surface area contributed by atoms with Crippen LogP contribution in [0.2, 0.25) is 0 Å². The summed E-state index contributed by atoms with van der Waals surface area (Å²) in [5.41, 5.74) is 2.14. The van der Waals surface area contributed by atoms with E-state index in [1.165, 1.54) is 5.56 Å². The van der Waals surface area contributed by atoms with Crippen molar-refractivity contribution in [2.24, 2.45) is 5.92 Å². The van der Waals surface area contributed by atoms with E-state index < -0.39 is 0 Å². The third-order valence-corrected chi connectivity index (χ3v) is 3.74. The van der Waals surface area contributed by atoms with Crippen molar-refractivity contribution >= 4 is 5.97 Å². The van der Waals surface area contributed by atoms with Gasteiger partial charge < -0.3 is 9.84 Å². The van der Waals surface area contributed by atoms with E-state index in [0.29, 0.717) is 6.61 Å². The summed E-state index contributed by atoms with van der Waals surface area (Å²) in [5.74, 6) is -0.0479. The van der Waals surface area contributed by atoms with Crippen LogP contribution >= 0.6 is 0 Å². The Kier molecular flexibility index (Phi) is 5.56. The van der Waals surface area contributed by atoms with Crippen LogP contribution in [-0.2, 0) is 22.7 Å². The molecule has 110 valence electrons. The number of benzene rings is 1. The molecule has 0 unspecified atom stereocenters. The minimum Gasteiger partial charge on any atom is -0.466 e. The van der Waals surface area contributed by atoms with Crippen molar-refractivity contribution in [1.29, 1.82) is 0 Å². The van der Waals surface area contributed by atoms with Gasteiger partial charge >= 0.3 is 5.97 Å². The fourth-order valence-corrected chi connectivity index (χ4v) is 2.66. The molecule has 0 bridgehead atoms. The molecule has 4 nitrogen and oxygen atoms in total. The molecular formula is C16H23NO3. The fourth-order valence-electron chi connectivity index (χ4n) is 2.66. The number of carbonyl (C=O) groups is 1. The van der Waals surface area contributed by atoms with Crippen LogP contribution in [0.1, 0.15) is 30.9 Å². The van der Waals surface area contributed by atoms with E-state index in [0.717, 1.165) is 38.0 Å². The Balaban J connectivity index is 1.90. The average Bonchev–Trinajstić information content (AvgIpc) is 2.48. The lowest BCUT2D eigenvalue weighted by atomic mass is 9.97. The topological polar surface area (TPSA) is 49.8 Å². The smallest absolute Gasteiger partial charge is 0.310 e. The maximum absolute atomic E-state index is 11.8. The Morgan fingerprint density at radius 3 is 2.70 bits per heavy atom. The predicted molar refractivity (Wildman–Crippen MR) is 77.0 cm³/mol. The SMILES string of the molecule is CCOC(=O)[C@@H]1CCCN(Cc2ccc(CO)cc2)C1. The zero-order valence-corrected chi connectivity index (χ0v) is 12.0. The van der Waals surface area contributed by atoms with Crippen LogP contribution < -0.4 is 0 Å². The number of carbonyl (C=O) groups excluding carboxylic acids is 1. The van der Waals surface area contributed by atoms with E-state index in [-0.39, 0.29) is 18.5 Å². The minimum atomic E-state index is -0.0622. The monoisotopic (exact) mass is 277 g/mol. The van der Waals surface area contributed by atoms with Gasteiger partial charge in [-0.2, -0.15) is 0 Å². The second kappa shape index (κ2) is 7.41. The molecule has 1 aliphatic heterocycles. The van der Waals surface area contributed by atoms with Crippen LogP contribution in [0, 0.1) is 5.92 Å². The number of esters is 1. The summed E-state index contributed by atoms with van der Waals surface area (Å²) in [6.45, 7) is 5.04. The number of likely N-dealkylation sites (tertiary alicyclic amines) is 1. The van der Waals surface area contributed by atoms with Crippen molar-refractivity contribution in [3.05, 3.63) is 35.4 Å². The Hall–Kier alpha value is -1.39. The first-order valence-electron chi connectivity index (χ1n) is 7.30. The quantitative estimate of drug-likeness (QED) is 0.836. The van der Waals surface area contributed by atoms with Crippen LogP contribution in [0.4, 0.5) is 0 Å². The Morgan fingerprint density at radius 2 is 2.05 bits per heavy atom. The molecule has 1 atom stereocenters. The van der Waals surface area contributed by atoms with Crippen LogP contribution in [0.3, 0.4) is 0 Å². The molecule has 0 spiro atoms. The van der Waals surface area contributed by atoms with Gasteiger partial charge in [0.1, 0.15) is 0 Å². The van der Waals surface area contributed by atoms with Gasteiger partial charge in [0.15, 0.2) is 0 Å². The summed E-state index contributed by atoms with van der Waals surface area (Å²) < 4.78 is 5.12. The normalized spacial score (nSPS) is 19.8. The van der Waals surface area contributed by atoms with Crippen LogP contribution in [0.5, 0.6) is 0 Å². The molecule has 2 rings (SSSR count).